The minimum Gasteiger partial charge on any atom is -0.258 e. The van der Waals surface area contributed by atoms with Gasteiger partial charge in [-0.3, -0.25) is 10.1 Å². The van der Waals surface area contributed by atoms with Gasteiger partial charge in [-0.25, -0.2) is 4.98 Å². The zero-order chi connectivity index (χ0) is 10.9. The van der Waals surface area contributed by atoms with Gasteiger partial charge in [0.05, 0.1) is 4.92 Å². The smallest absolute Gasteiger partial charge is 0.258 e. The van der Waals surface area contributed by atoms with Crippen molar-refractivity contribution < 1.29 is 18.1 Å². The van der Waals surface area contributed by atoms with Gasteiger partial charge >= 0.3 is 6.18 Å². The number of hydrogen-bond donors (Lipinski definition) is 0. The van der Waals surface area contributed by atoms with Gasteiger partial charge in [-0.15, -0.1) is 0 Å². The van der Waals surface area contributed by atoms with Crippen molar-refractivity contribution in [2.24, 2.45) is 0 Å². The Hall–Kier alpha value is -0.930. The van der Waals surface area contributed by atoms with E-state index in [2.05, 4.69) is 4.98 Å². The summed E-state index contributed by atoms with van der Waals surface area (Å²) in [5.41, 5.74) is -2.28. The van der Waals surface area contributed by atoms with Crippen LogP contribution in [-0.2, 0) is 6.18 Å². The maximum atomic E-state index is 12.3. The maximum Gasteiger partial charge on any atom is 0.425 e. The number of hydrogen-bond acceptors (Lipinski definition) is 3. The first kappa shape index (κ1) is 11.1. The normalized spacial score (nSPS) is 11.4. The first-order valence-corrected chi connectivity index (χ1v) is 4.28. The molecule has 0 aliphatic heterocycles. The largest absolute Gasteiger partial charge is 0.425 e. The molecule has 76 valence electrons. The van der Waals surface area contributed by atoms with E-state index >= 15 is 0 Å². The fraction of sp³-hybridized carbons (Fsp3) is 0.167. The van der Waals surface area contributed by atoms with E-state index in [1.54, 1.807) is 0 Å². The summed E-state index contributed by atoms with van der Waals surface area (Å²) < 4.78 is 36.5. The average Bonchev–Trinajstić information content (AvgIpc) is 2.01. The maximum absolute atomic E-state index is 12.3. The fourth-order valence-corrected chi connectivity index (χ4v) is 1.58. The molecule has 0 atom stereocenters. The van der Waals surface area contributed by atoms with Gasteiger partial charge in [0.25, 0.3) is 5.69 Å². The number of rotatable bonds is 1. The second-order valence-corrected chi connectivity index (χ2v) is 3.27. The van der Waals surface area contributed by atoms with Crippen LogP contribution in [0.15, 0.2) is 12.3 Å². The zero-order valence-corrected chi connectivity index (χ0v) is 8.53. The lowest BCUT2D eigenvalue weighted by Gasteiger charge is -2.07. The Bertz CT molecular complexity index is 380. The predicted molar refractivity (Wildman–Crippen MR) is 48.6 cm³/mol. The molecule has 0 amide bonds. The average molecular weight is 318 g/mol. The molecule has 0 spiro atoms. The van der Waals surface area contributed by atoms with Crippen LogP contribution in [0.25, 0.3) is 0 Å². The fourth-order valence-electron chi connectivity index (χ4n) is 0.841. The summed E-state index contributed by atoms with van der Waals surface area (Å²) in [5.74, 6) is 0. The number of nitro groups is 1. The van der Waals surface area contributed by atoms with Crippen molar-refractivity contribution in [2.45, 2.75) is 6.18 Å². The Labute approximate surface area is 89.4 Å². The van der Waals surface area contributed by atoms with Crippen LogP contribution >= 0.6 is 22.6 Å². The summed E-state index contributed by atoms with van der Waals surface area (Å²) in [7, 11) is 0. The molecule has 0 saturated heterocycles. The quantitative estimate of drug-likeness (QED) is 0.346. The summed E-state index contributed by atoms with van der Waals surface area (Å²) >= 11 is 1.31. The van der Waals surface area contributed by atoms with Gasteiger partial charge in [0.2, 0.25) is 0 Å². The van der Waals surface area contributed by atoms with E-state index < -0.39 is 26.1 Å². The van der Waals surface area contributed by atoms with Crippen molar-refractivity contribution in [3.8, 4) is 0 Å². The number of nitrogens with zero attached hydrogens (tertiary/aromatic N) is 2. The van der Waals surface area contributed by atoms with Gasteiger partial charge in [0.1, 0.15) is 3.70 Å². The Morgan fingerprint density at radius 3 is 2.43 bits per heavy atom. The van der Waals surface area contributed by atoms with Crippen LogP contribution in [0.1, 0.15) is 5.56 Å². The molecule has 1 aromatic heterocycles. The number of aromatic nitrogens is 1. The monoisotopic (exact) mass is 318 g/mol. The molecular formula is C6H2F3IN2O2. The standard InChI is InChI=1S/C6H2F3IN2O2/c7-6(8,9)4-3(12(13)14)1-2-11-5(4)10/h1-2H. The zero-order valence-electron chi connectivity index (χ0n) is 6.38. The molecule has 0 unspecified atom stereocenters. The highest BCUT2D eigenvalue weighted by molar-refractivity contribution is 14.1. The molecule has 1 heterocycles. The van der Waals surface area contributed by atoms with Crippen LogP contribution < -0.4 is 0 Å². The van der Waals surface area contributed by atoms with Crippen LogP contribution in [0.3, 0.4) is 0 Å². The van der Waals surface area contributed by atoms with Crippen LogP contribution in [0.4, 0.5) is 18.9 Å². The molecule has 8 heteroatoms. The van der Waals surface area contributed by atoms with E-state index in [0.29, 0.717) is 0 Å². The lowest BCUT2D eigenvalue weighted by Crippen LogP contribution is -2.12. The van der Waals surface area contributed by atoms with Crippen molar-refractivity contribution >= 4 is 28.3 Å². The lowest BCUT2D eigenvalue weighted by molar-refractivity contribution is -0.388. The molecule has 0 N–H and O–H groups in total. The third kappa shape index (κ3) is 2.11. The topological polar surface area (TPSA) is 56.0 Å². The minimum atomic E-state index is -4.76. The molecule has 0 fully saturated rings. The minimum absolute atomic E-state index is 0.427. The van der Waals surface area contributed by atoms with Gasteiger partial charge in [-0.2, -0.15) is 13.2 Å². The molecule has 0 aromatic carbocycles. The van der Waals surface area contributed by atoms with E-state index in [9.17, 15) is 23.3 Å². The summed E-state index contributed by atoms with van der Waals surface area (Å²) in [6, 6.07) is 0.727. The SMILES string of the molecule is O=[N+]([O-])c1ccnc(I)c1C(F)(F)F. The summed E-state index contributed by atoms with van der Waals surface area (Å²) in [6.45, 7) is 0. The number of pyridine rings is 1. The molecule has 1 rings (SSSR count). The summed E-state index contributed by atoms with van der Waals surface area (Å²) in [4.78, 5) is 12.6. The van der Waals surface area contributed by atoms with E-state index in [-0.39, 0.29) is 0 Å². The van der Waals surface area contributed by atoms with Crippen molar-refractivity contribution in [1.29, 1.82) is 0 Å². The van der Waals surface area contributed by atoms with E-state index in [4.69, 9.17) is 0 Å². The Balaban J connectivity index is 3.45. The highest BCUT2D eigenvalue weighted by atomic mass is 127. The second-order valence-electron chi connectivity index (χ2n) is 2.25. The van der Waals surface area contributed by atoms with Gasteiger partial charge in [0, 0.05) is 12.3 Å². The number of alkyl halides is 3. The van der Waals surface area contributed by atoms with Gasteiger partial charge < -0.3 is 0 Å². The summed E-state index contributed by atoms with van der Waals surface area (Å²) in [5, 5.41) is 10.3. The highest BCUT2D eigenvalue weighted by Gasteiger charge is 2.41. The Morgan fingerprint density at radius 2 is 2.07 bits per heavy atom. The van der Waals surface area contributed by atoms with E-state index in [1.165, 1.54) is 22.6 Å². The predicted octanol–water partition coefficient (Wildman–Crippen LogP) is 2.61. The first-order valence-electron chi connectivity index (χ1n) is 3.20. The van der Waals surface area contributed by atoms with E-state index in [1.807, 2.05) is 0 Å². The van der Waals surface area contributed by atoms with Crippen molar-refractivity contribution in [3.05, 3.63) is 31.6 Å². The Kier molecular flexibility index (Phi) is 2.92. The van der Waals surface area contributed by atoms with Gasteiger partial charge in [-0.05, 0) is 22.6 Å². The van der Waals surface area contributed by atoms with E-state index in [0.717, 1.165) is 12.3 Å². The highest BCUT2D eigenvalue weighted by Crippen LogP contribution is 2.37. The molecule has 14 heavy (non-hydrogen) atoms. The van der Waals surface area contributed by atoms with Crippen LogP contribution in [0.5, 0.6) is 0 Å². The molecule has 4 nitrogen and oxygen atoms in total. The van der Waals surface area contributed by atoms with Crippen molar-refractivity contribution in [1.82, 2.24) is 4.98 Å². The molecule has 0 aliphatic rings. The lowest BCUT2D eigenvalue weighted by atomic mass is 10.2. The third-order valence-corrected chi connectivity index (χ3v) is 2.18. The molecule has 1 aromatic rings. The molecule has 0 bridgehead atoms. The molecule has 0 saturated carbocycles. The first-order chi connectivity index (χ1) is 6.34. The van der Waals surface area contributed by atoms with Crippen LogP contribution in [-0.4, -0.2) is 9.91 Å². The summed E-state index contributed by atoms with van der Waals surface area (Å²) in [6.07, 6.45) is -3.79. The second kappa shape index (κ2) is 3.67. The van der Waals surface area contributed by atoms with Crippen LogP contribution in [0.2, 0.25) is 0 Å². The van der Waals surface area contributed by atoms with Crippen molar-refractivity contribution in [3.63, 3.8) is 0 Å². The third-order valence-electron chi connectivity index (χ3n) is 1.36. The van der Waals surface area contributed by atoms with Crippen molar-refractivity contribution in [2.75, 3.05) is 0 Å². The van der Waals surface area contributed by atoms with Gasteiger partial charge in [-0.1, -0.05) is 0 Å². The number of halogens is 4. The van der Waals surface area contributed by atoms with Crippen LogP contribution in [0, 0.1) is 13.8 Å². The molecular weight excluding hydrogens is 316 g/mol. The van der Waals surface area contributed by atoms with Gasteiger partial charge in [0.15, 0.2) is 5.56 Å². The molecule has 0 aliphatic carbocycles. The molecule has 0 radical (unpaired) electrons. The Morgan fingerprint density at radius 1 is 1.50 bits per heavy atom.